The number of amides is 1. The molecule has 3 aromatic rings. The van der Waals surface area contributed by atoms with E-state index in [1.807, 2.05) is 6.07 Å². The number of piperidine rings is 1. The molecule has 1 amide bonds. The summed E-state index contributed by atoms with van der Waals surface area (Å²) in [5, 5.41) is -0.345. The standard InChI is InChI=1S/C24H23ClF2N4O2/c25-22-18(19(26)4-5-20(22)27)13-33-21-11-16(12-30-23(21)29)14-2-1-3-15(10-14)24(32)31-8-6-17(28)7-9-31/h1-5,10-12,17H,6-9,13,28H2,(H2,29,30). The van der Waals surface area contributed by atoms with Gasteiger partial charge in [0.2, 0.25) is 0 Å². The van der Waals surface area contributed by atoms with Gasteiger partial charge in [-0.3, -0.25) is 4.79 Å². The van der Waals surface area contributed by atoms with Gasteiger partial charge in [-0.05, 0) is 48.7 Å². The predicted octanol–water partition coefficient (Wildman–Crippen LogP) is 4.40. The number of carbonyl (C=O) groups is 1. The van der Waals surface area contributed by atoms with E-state index < -0.39 is 11.6 Å². The van der Waals surface area contributed by atoms with Crippen molar-refractivity contribution in [1.82, 2.24) is 9.88 Å². The zero-order valence-corrected chi connectivity index (χ0v) is 18.5. The van der Waals surface area contributed by atoms with Gasteiger partial charge in [0.15, 0.2) is 11.6 Å². The number of rotatable bonds is 5. The van der Waals surface area contributed by atoms with Crippen molar-refractivity contribution in [2.24, 2.45) is 5.73 Å². The van der Waals surface area contributed by atoms with Gasteiger partial charge in [-0.25, -0.2) is 13.8 Å². The van der Waals surface area contributed by atoms with E-state index in [2.05, 4.69) is 4.98 Å². The fourth-order valence-corrected chi connectivity index (χ4v) is 3.90. The maximum atomic E-state index is 14.1. The van der Waals surface area contributed by atoms with Crippen LogP contribution in [-0.2, 0) is 6.61 Å². The molecule has 1 aliphatic rings. The third-order valence-corrected chi connectivity index (χ3v) is 6.07. The van der Waals surface area contributed by atoms with Gasteiger partial charge in [-0.15, -0.1) is 0 Å². The summed E-state index contributed by atoms with van der Waals surface area (Å²) < 4.78 is 33.3. The van der Waals surface area contributed by atoms with Crippen molar-refractivity contribution in [1.29, 1.82) is 0 Å². The number of carbonyl (C=O) groups excluding carboxylic acids is 1. The van der Waals surface area contributed by atoms with Gasteiger partial charge in [0.05, 0.1) is 5.02 Å². The zero-order valence-electron chi connectivity index (χ0n) is 17.7. The number of benzene rings is 2. The maximum absolute atomic E-state index is 14.1. The molecule has 4 N–H and O–H groups in total. The van der Waals surface area contributed by atoms with Crippen LogP contribution in [0.2, 0.25) is 5.02 Å². The summed E-state index contributed by atoms with van der Waals surface area (Å²) in [5.74, 6) is -1.21. The van der Waals surface area contributed by atoms with Crippen molar-refractivity contribution in [3.8, 4) is 16.9 Å². The van der Waals surface area contributed by atoms with Crippen LogP contribution in [0.4, 0.5) is 14.6 Å². The van der Waals surface area contributed by atoms with Gasteiger partial charge < -0.3 is 21.1 Å². The molecule has 1 aliphatic heterocycles. The molecule has 0 spiro atoms. The second-order valence-electron chi connectivity index (χ2n) is 7.93. The summed E-state index contributed by atoms with van der Waals surface area (Å²) in [5.41, 5.74) is 13.7. The van der Waals surface area contributed by atoms with Crippen LogP contribution in [-0.4, -0.2) is 34.9 Å². The fourth-order valence-electron chi connectivity index (χ4n) is 3.70. The number of anilines is 1. The van der Waals surface area contributed by atoms with Crippen LogP contribution in [0.1, 0.15) is 28.8 Å². The van der Waals surface area contributed by atoms with Gasteiger partial charge >= 0.3 is 0 Å². The zero-order chi connectivity index (χ0) is 23.5. The Balaban J connectivity index is 1.55. The highest BCUT2D eigenvalue weighted by atomic mass is 35.5. The van der Waals surface area contributed by atoms with Crippen molar-refractivity contribution >= 4 is 23.3 Å². The van der Waals surface area contributed by atoms with Crippen LogP contribution in [0.25, 0.3) is 11.1 Å². The summed E-state index contributed by atoms with van der Waals surface area (Å²) in [6, 6.07) is 10.9. The van der Waals surface area contributed by atoms with Gasteiger partial charge in [0.25, 0.3) is 5.91 Å². The summed E-state index contributed by atoms with van der Waals surface area (Å²) >= 11 is 5.87. The molecular formula is C24H23ClF2N4O2. The van der Waals surface area contributed by atoms with Crippen LogP contribution in [0.15, 0.2) is 48.7 Å². The van der Waals surface area contributed by atoms with Crippen LogP contribution in [0.3, 0.4) is 0 Å². The monoisotopic (exact) mass is 472 g/mol. The van der Waals surface area contributed by atoms with E-state index >= 15 is 0 Å². The number of likely N-dealkylation sites (tertiary alicyclic amines) is 1. The molecular weight excluding hydrogens is 450 g/mol. The highest BCUT2D eigenvalue weighted by Crippen LogP contribution is 2.30. The van der Waals surface area contributed by atoms with E-state index in [4.69, 9.17) is 27.8 Å². The highest BCUT2D eigenvalue weighted by molar-refractivity contribution is 6.31. The molecule has 33 heavy (non-hydrogen) atoms. The second-order valence-corrected chi connectivity index (χ2v) is 8.31. The minimum absolute atomic E-state index is 0.0557. The first-order chi connectivity index (χ1) is 15.8. The lowest BCUT2D eigenvalue weighted by atomic mass is 10.0. The Labute approximate surface area is 195 Å². The molecule has 2 heterocycles. The molecule has 0 saturated carbocycles. The molecule has 1 aromatic heterocycles. The summed E-state index contributed by atoms with van der Waals surface area (Å²) in [4.78, 5) is 18.9. The van der Waals surface area contributed by atoms with Crippen LogP contribution >= 0.6 is 11.6 Å². The Morgan fingerprint density at radius 2 is 1.85 bits per heavy atom. The number of hydrogen-bond acceptors (Lipinski definition) is 5. The Morgan fingerprint density at radius 1 is 1.12 bits per heavy atom. The number of halogens is 3. The number of nitrogens with zero attached hydrogens (tertiary/aromatic N) is 2. The Bertz CT molecular complexity index is 1180. The quantitative estimate of drug-likeness (QED) is 0.536. The van der Waals surface area contributed by atoms with Crippen molar-refractivity contribution in [2.75, 3.05) is 18.8 Å². The topological polar surface area (TPSA) is 94.5 Å². The average Bonchev–Trinajstić information content (AvgIpc) is 2.82. The molecule has 1 fully saturated rings. The normalized spacial score (nSPS) is 14.4. The van der Waals surface area contributed by atoms with E-state index in [0.717, 1.165) is 30.5 Å². The maximum Gasteiger partial charge on any atom is 0.253 e. The third kappa shape index (κ3) is 5.07. The minimum Gasteiger partial charge on any atom is -0.485 e. The molecule has 1 saturated heterocycles. The summed E-state index contributed by atoms with van der Waals surface area (Å²) in [7, 11) is 0. The van der Waals surface area contributed by atoms with Gasteiger partial charge in [0.1, 0.15) is 18.2 Å². The molecule has 0 bridgehead atoms. The van der Waals surface area contributed by atoms with E-state index in [9.17, 15) is 13.6 Å². The summed E-state index contributed by atoms with van der Waals surface area (Å²) in [6.45, 7) is 0.934. The number of hydrogen-bond donors (Lipinski definition) is 2. The van der Waals surface area contributed by atoms with Crippen molar-refractivity contribution in [3.05, 3.63) is 76.4 Å². The first kappa shape index (κ1) is 22.9. The Kier molecular flexibility index (Phi) is 6.76. The van der Waals surface area contributed by atoms with Crippen molar-refractivity contribution in [3.63, 3.8) is 0 Å². The molecule has 0 aliphatic carbocycles. The molecule has 9 heteroatoms. The van der Waals surface area contributed by atoms with Gasteiger partial charge in [-0.1, -0.05) is 23.7 Å². The number of nitrogens with two attached hydrogens (primary N) is 2. The van der Waals surface area contributed by atoms with Crippen LogP contribution in [0, 0.1) is 11.6 Å². The van der Waals surface area contributed by atoms with E-state index in [1.165, 1.54) is 0 Å². The van der Waals surface area contributed by atoms with Crippen molar-refractivity contribution < 1.29 is 18.3 Å². The molecule has 6 nitrogen and oxygen atoms in total. The SMILES string of the molecule is Nc1ncc(-c2cccc(C(=O)N3CCC(N)CC3)c2)cc1OCc1c(F)ccc(F)c1Cl. The Hall–Kier alpha value is -3.23. The highest BCUT2D eigenvalue weighted by Gasteiger charge is 2.22. The van der Waals surface area contributed by atoms with Crippen LogP contribution < -0.4 is 16.2 Å². The number of aromatic nitrogens is 1. The smallest absolute Gasteiger partial charge is 0.253 e. The van der Waals surface area contributed by atoms with E-state index in [0.29, 0.717) is 24.2 Å². The molecule has 4 rings (SSSR count). The third-order valence-electron chi connectivity index (χ3n) is 5.66. The molecule has 0 unspecified atom stereocenters. The number of nitrogen functional groups attached to an aromatic ring is 1. The van der Waals surface area contributed by atoms with Gasteiger partial charge in [-0.2, -0.15) is 0 Å². The molecule has 0 atom stereocenters. The van der Waals surface area contributed by atoms with Crippen LogP contribution in [0.5, 0.6) is 5.75 Å². The molecule has 172 valence electrons. The minimum atomic E-state index is -0.742. The first-order valence-electron chi connectivity index (χ1n) is 10.5. The largest absolute Gasteiger partial charge is 0.485 e. The number of ether oxygens (including phenoxy) is 1. The van der Waals surface area contributed by atoms with E-state index in [-0.39, 0.29) is 40.7 Å². The molecule has 2 aromatic carbocycles. The lowest BCUT2D eigenvalue weighted by Gasteiger charge is -2.30. The number of pyridine rings is 1. The lowest BCUT2D eigenvalue weighted by Crippen LogP contribution is -2.42. The lowest BCUT2D eigenvalue weighted by molar-refractivity contribution is 0.0715. The van der Waals surface area contributed by atoms with E-state index in [1.54, 1.807) is 35.4 Å². The average molecular weight is 473 g/mol. The first-order valence-corrected chi connectivity index (χ1v) is 10.9. The Morgan fingerprint density at radius 3 is 2.61 bits per heavy atom. The second kappa shape index (κ2) is 9.72. The molecule has 0 radical (unpaired) electrons. The fraction of sp³-hybridized carbons (Fsp3) is 0.250. The summed E-state index contributed by atoms with van der Waals surface area (Å²) in [6.07, 6.45) is 3.12. The van der Waals surface area contributed by atoms with Crippen molar-refractivity contribution in [2.45, 2.75) is 25.5 Å². The predicted molar refractivity (Wildman–Crippen MR) is 123 cm³/mol. The van der Waals surface area contributed by atoms with Gasteiger partial charge in [0, 0.05) is 42.0 Å².